The Balaban J connectivity index is 0.00000292. The van der Waals surface area contributed by atoms with Gasteiger partial charge in [0, 0.05) is 43.5 Å². The summed E-state index contributed by atoms with van der Waals surface area (Å²) in [6.45, 7) is 0. The topological polar surface area (TPSA) is 284 Å². The molecule has 0 fully saturated rings. The average molecular weight is 725 g/mol. The van der Waals surface area contributed by atoms with Gasteiger partial charge in [-0.2, -0.15) is 0 Å². The molecule has 0 amide bonds. The fraction of sp³-hybridized carbons (Fsp3) is 0.265. The summed E-state index contributed by atoms with van der Waals surface area (Å²) in [7, 11) is 0. The molecule has 6 rings (SSSR count). The van der Waals surface area contributed by atoms with Gasteiger partial charge in [0.25, 0.3) is 0 Å². The van der Waals surface area contributed by atoms with Crippen molar-refractivity contribution in [3.05, 3.63) is 82.4 Å². The maximum absolute atomic E-state index is 12.0. The van der Waals surface area contributed by atoms with Gasteiger partial charge in [-0.1, -0.05) is 19.6 Å². The normalized spacial score (nSPS) is 22.5. The van der Waals surface area contributed by atoms with Crippen LogP contribution in [0.1, 0.15) is 58.6 Å². The van der Waals surface area contributed by atoms with Crippen LogP contribution in [-0.2, 0) is 4.79 Å². The summed E-state index contributed by atoms with van der Waals surface area (Å²) in [5.41, 5.74) is 5.53. The van der Waals surface area contributed by atoms with E-state index in [0.717, 1.165) is 54.2 Å². The summed E-state index contributed by atoms with van der Waals surface area (Å²) in [6, 6.07) is 8.84. The van der Waals surface area contributed by atoms with Crippen molar-refractivity contribution in [1.29, 1.82) is 0 Å². The Kier molecular flexibility index (Phi) is 10.9. The molecule has 0 aromatic heterocycles. The molecule has 15 nitrogen and oxygen atoms in total. The highest BCUT2D eigenvalue weighted by molar-refractivity contribution is 7.99. The molecule has 0 unspecified atom stereocenters. The summed E-state index contributed by atoms with van der Waals surface area (Å²) < 4.78 is 12.3. The SMILES string of the molecule is C.N[C@@H](CS[C@H]1c2c(O)cc(O)c([C@H]3c4c(O)cc(O)cc4O[C@H](c4ccc(O)c(O)c4)[C@@H]3O)c2O[C@H](c2ccc(O)c(O)c2)[C@@H]1O)C(=O)O.[B]. The van der Waals surface area contributed by atoms with E-state index in [-0.39, 0.29) is 60.9 Å². The maximum Gasteiger partial charge on any atom is 0.321 e. The molecule has 7 atom stereocenters. The molecule has 3 radical (unpaired) electrons. The average Bonchev–Trinajstić information content (AvgIpc) is 3.03. The zero-order chi connectivity index (χ0) is 35.5. The van der Waals surface area contributed by atoms with E-state index in [1.807, 2.05) is 0 Å². The molecule has 2 aliphatic rings. The van der Waals surface area contributed by atoms with Gasteiger partial charge >= 0.3 is 5.97 Å². The van der Waals surface area contributed by atoms with E-state index in [1.54, 1.807) is 0 Å². The Bertz CT molecular complexity index is 1960. The number of thioether (sulfide) groups is 1. The number of benzene rings is 4. The first-order chi connectivity index (χ1) is 23.2. The van der Waals surface area contributed by atoms with Crippen molar-refractivity contribution >= 4 is 26.1 Å². The van der Waals surface area contributed by atoms with Gasteiger partial charge < -0.3 is 71.4 Å². The zero-order valence-electron chi connectivity index (χ0n) is 25.7. The fourth-order valence-corrected chi connectivity index (χ4v) is 7.48. The van der Waals surface area contributed by atoms with Gasteiger partial charge in [-0.25, -0.2) is 0 Å². The van der Waals surface area contributed by atoms with Crippen LogP contribution in [0, 0.1) is 0 Å². The lowest BCUT2D eigenvalue weighted by atomic mass is 9.77. The zero-order valence-corrected chi connectivity index (χ0v) is 26.5. The number of aromatic hydroxyl groups is 8. The Labute approximate surface area is 296 Å². The van der Waals surface area contributed by atoms with Crippen LogP contribution in [0.3, 0.4) is 0 Å². The molecule has 269 valence electrons. The van der Waals surface area contributed by atoms with E-state index in [2.05, 4.69) is 0 Å². The Morgan fingerprint density at radius 1 is 0.686 bits per heavy atom. The third kappa shape index (κ3) is 6.75. The monoisotopic (exact) mass is 724 g/mol. The number of aliphatic carboxylic acids is 1. The van der Waals surface area contributed by atoms with Crippen LogP contribution < -0.4 is 15.2 Å². The first-order valence-electron chi connectivity index (χ1n) is 14.7. The molecule has 2 heterocycles. The third-order valence-electron chi connectivity index (χ3n) is 8.53. The summed E-state index contributed by atoms with van der Waals surface area (Å²) >= 11 is 0.847. The van der Waals surface area contributed by atoms with Crippen molar-refractivity contribution in [3.8, 4) is 57.5 Å². The second-order valence-electron chi connectivity index (χ2n) is 11.7. The van der Waals surface area contributed by atoms with Crippen LogP contribution in [-0.4, -0.2) is 94.6 Å². The van der Waals surface area contributed by atoms with E-state index >= 15 is 0 Å². The number of carboxylic acids is 1. The highest BCUT2D eigenvalue weighted by Gasteiger charge is 2.48. The number of aliphatic hydroxyl groups excluding tert-OH is 2. The quantitative estimate of drug-likeness (QED) is 0.0964. The number of hydrogen-bond donors (Lipinski definition) is 12. The number of carbonyl (C=O) groups is 1. The molecule has 0 aliphatic carbocycles. The molecular weight excluding hydrogens is 689 g/mol. The molecule has 0 bridgehead atoms. The smallest absolute Gasteiger partial charge is 0.321 e. The number of nitrogens with two attached hydrogens (primary N) is 1. The van der Waals surface area contributed by atoms with Crippen molar-refractivity contribution in [2.75, 3.05) is 5.75 Å². The number of carboxylic acid groups (broad SMARTS) is 1. The van der Waals surface area contributed by atoms with E-state index < -0.39 is 93.6 Å². The van der Waals surface area contributed by atoms with Gasteiger partial charge in [-0.15, -0.1) is 11.8 Å². The van der Waals surface area contributed by atoms with Crippen molar-refractivity contribution in [2.24, 2.45) is 5.73 Å². The number of fused-ring (bicyclic) bond motifs is 2. The molecule has 51 heavy (non-hydrogen) atoms. The summed E-state index contributed by atoms with van der Waals surface area (Å²) in [4.78, 5) is 11.6. The van der Waals surface area contributed by atoms with Gasteiger partial charge in [-0.05, 0) is 35.4 Å². The minimum absolute atomic E-state index is 0. The summed E-state index contributed by atoms with van der Waals surface area (Å²) in [5.74, 6) is -7.80. The largest absolute Gasteiger partial charge is 0.508 e. The number of hydrogen-bond acceptors (Lipinski definition) is 15. The number of ether oxygens (including phenoxy) is 2. The lowest BCUT2D eigenvalue weighted by molar-refractivity contribution is -0.137. The van der Waals surface area contributed by atoms with Crippen LogP contribution in [0.25, 0.3) is 0 Å². The lowest BCUT2D eigenvalue weighted by Gasteiger charge is -2.42. The minimum Gasteiger partial charge on any atom is -0.508 e. The molecule has 0 saturated carbocycles. The van der Waals surface area contributed by atoms with Gasteiger partial charge in [0.2, 0.25) is 0 Å². The Morgan fingerprint density at radius 2 is 1.22 bits per heavy atom. The van der Waals surface area contributed by atoms with Crippen molar-refractivity contribution < 1.29 is 70.4 Å². The summed E-state index contributed by atoms with van der Waals surface area (Å²) in [5, 5.41) is 116. The number of phenolic OH excluding ortho intramolecular Hbond substituents is 8. The molecule has 2 aliphatic heterocycles. The fourth-order valence-electron chi connectivity index (χ4n) is 6.19. The van der Waals surface area contributed by atoms with E-state index in [1.165, 1.54) is 12.1 Å². The number of rotatable bonds is 7. The highest BCUT2D eigenvalue weighted by atomic mass is 32.2. The predicted molar refractivity (Wildman–Crippen MR) is 183 cm³/mol. The number of phenols is 8. The molecule has 4 aromatic rings. The first kappa shape index (κ1) is 38.4. The molecule has 4 aromatic carbocycles. The minimum atomic E-state index is -1.72. The van der Waals surface area contributed by atoms with Crippen LogP contribution >= 0.6 is 11.8 Å². The molecule has 0 saturated heterocycles. The third-order valence-corrected chi connectivity index (χ3v) is 9.95. The summed E-state index contributed by atoms with van der Waals surface area (Å²) in [6.07, 6.45) is -6.04. The molecule has 0 spiro atoms. The standard InChI is InChI=1S/C33H31NO14S.CH4.B/c34-14(33(45)46)10-49-32-25-21(42)9-20(41)24(31(25)48-30(28(32)44)12-2-4-16(37)18(39)6-12)26-23-19(40)7-13(35)8-22(23)47-29(27(26)43)11-1-3-15(36)17(38)5-11;;/h1-9,14,26-30,32,35-44H,10,34H2,(H,45,46);1H4;/t14-,26+,27+,28-,29+,30+,32-;;/m0../s1. The Hall–Kier alpha value is -5.36. The molecule has 13 N–H and O–H groups in total. The molecular formula is C34H35BNO14S. The van der Waals surface area contributed by atoms with E-state index in [9.17, 15) is 61.0 Å². The second-order valence-corrected chi connectivity index (χ2v) is 12.9. The van der Waals surface area contributed by atoms with Gasteiger partial charge in [0.15, 0.2) is 35.2 Å². The Morgan fingerprint density at radius 3 is 1.76 bits per heavy atom. The van der Waals surface area contributed by atoms with Crippen LogP contribution in [0.5, 0.6) is 57.5 Å². The predicted octanol–water partition coefficient (Wildman–Crippen LogP) is 2.89. The van der Waals surface area contributed by atoms with Crippen molar-refractivity contribution in [3.63, 3.8) is 0 Å². The molecule has 17 heteroatoms. The maximum atomic E-state index is 12.0. The van der Waals surface area contributed by atoms with Crippen LogP contribution in [0.4, 0.5) is 0 Å². The van der Waals surface area contributed by atoms with E-state index in [4.69, 9.17) is 15.2 Å². The second kappa shape index (κ2) is 14.5. The van der Waals surface area contributed by atoms with Gasteiger partial charge in [0.05, 0.1) is 16.7 Å². The van der Waals surface area contributed by atoms with Gasteiger partial charge in [0.1, 0.15) is 52.7 Å². The van der Waals surface area contributed by atoms with Crippen LogP contribution in [0.15, 0.2) is 54.6 Å². The number of aliphatic hydroxyl groups is 2. The van der Waals surface area contributed by atoms with Crippen molar-refractivity contribution in [1.82, 2.24) is 0 Å². The first-order valence-corrected chi connectivity index (χ1v) is 15.7. The van der Waals surface area contributed by atoms with E-state index in [0.29, 0.717) is 0 Å². The highest BCUT2D eigenvalue weighted by Crippen LogP contribution is 2.60. The van der Waals surface area contributed by atoms with Gasteiger partial charge in [-0.3, -0.25) is 4.79 Å². The van der Waals surface area contributed by atoms with Crippen molar-refractivity contribution in [2.45, 2.75) is 49.1 Å². The van der Waals surface area contributed by atoms with Crippen LogP contribution in [0.2, 0.25) is 0 Å². The lowest BCUT2D eigenvalue weighted by Crippen LogP contribution is -2.38.